The molecule has 0 aliphatic carbocycles. The number of nitrogens with one attached hydrogen (secondary N) is 2. The third-order valence-corrected chi connectivity index (χ3v) is 5.93. The van der Waals surface area contributed by atoms with E-state index in [2.05, 4.69) is 15.7 Å². The van der Waals surface area contributed by atoms with Crippen molar-refractivity contribution in [2.75, 3.05) is 19.5 Å². The second-order valence-corrected chi connectivity index (χ2v) is 8.07. The Bertz CT molecular complexity index is 1110. The lowest BCUT2D eigenvalue weighted by Gasteiger charge is -2.19. The Morgan fingerprint density at radius 1 is 1.19 bits per heavy atom. The van der Waals surface area contributed by atoms with E-state index in [1.54, 1.807) is 25.1 Å². The second-order valence-electron chi connectivity index (χ2n) is 7.63. The molecule has 4 rings (SSSR count). The van der Waals surface area contributed by atoms with Crippen LogP contribution in [-0.2, 0) is 4.79 Å². The fraction of sp³-hybridized carbons (Fsp3) is 0.304. The SMILES string of the molecule is COc1ccc(-n2cc(C(C)NC(=O)C3Nc4ccc(Cl)cc4C3C)cn2)cc1OC. The first-order valence-corrected chi connectivity index (χ1v) is 10.4. The zero-order chi connectivity index (χ0) is 22.1. The molecule has 3 unspecified atom stereocenters. The number of rotatable bonds is 6. The first-order valence-electron chi connectivity index (χ1n) is 10.0. The Morgan fingerprint density at radius 2 is 1.97 bits per heavy atom. The van der Waals surface area contributed by atoms with Crippen molar-refractivity contribution >= 4 is 23.2 Å². The van der Waals surface area contributed by atoms with Gasteiger partial charge in [-0.15, -0.1) is 0 Å². The number of carbonyl (C=O) groups excluding carboxylic acids is 1. The number of aromatic nitrogens is 2. The molecule has 0 spiro atoms. The van der Waals surface area contributed by atoms with E-state index in [0.29, 0.717) is 16.5 Å². The van der Waals surface area contributed by atoms with Crippen LogP contribution in [0.1, 0.15) is 36.9 Å². The summed E-state index contributed by atoms with van der Waals surface area (Å²) in [5.41, 5.74) is 3.74. The number of halogens is 1. The largest absolute Gasteiger partial charge is 0.493 e. The van der Waals surface area contributed by atoms with E-state index in [1.807, 2.05) is 56.4 Å². The maximum absolute atomic E-state index is 13.0. The van der Waals surface area contributed by atoms with Crippen molar-refractivity contribution in [3.63, 3.8) is 0 Å². The minimum atomic E-state index is -0.350. The Kier molecular flexibility index (Phi) is 5.78. The fourth-order valence-electron chi connectivity index (χ4n) is 3.86. The Morgan fingerprint density at radius 3 is 2.71 bits per heavy atom. The van der Waals surface area contributed by atoms with Crippen LogP contribution in [0.4, 0.5) is 5.69 Å². The molecule has 3 aromatic rings. The molecular weight excluding hydrogens is 416 g/mol. The molecule has 0 radical (unpaired) electrons. The summed E-state index contributed by atoms with van der Waals surface area (Å²) in [6.45, 7) is 3.97. The molecule has 1 aliphatic rings. The van der Waals surface area contributed by atoms with E-state index in [4.69, 9.17) is 21.1 Å². The first kappa shape index (κ1) is 21.1. The van der Waals surface area contributed by atoms with Crippen molar-refractivity contribution in [1.29, 1.82) is 0 Å². The van der Waals surface area contributed by atoms with Crippen LogP contribution in [0.5, 0.6) is 11.5 Å². The van der Waals surface area contributed by atoms with Gasteiger partial charge in [0.25, 0.3) is 0 Å². The van der Waals surface area contributed by atoms with Crippen LogP contribution < -0.4 is 20.1 Å². The molecule has 1 amide bonds. The Hall–Kier alpha value is -3.19. The number of nitrogens with zero attached hydrogens (tertiary/aromatic N) is 2. The minimum absolute atomic E-state index is 0.0235. The third kappa shape index (κ3) is 4.05. The maximum Gasteiger partial charge on any atom is 0.243 e. The molecule has 31 heavy (non-hydrogen) atoms. The quantitative estimate of drug-likeness (QED) is 0.597. The molecule has 3 atom stereocenters. The highest BCUT2D eigenvalue weighted by molar-refractivity contribution is 6.30. The van der Waals surface area contributed by atoms with Gasteiger partial charge < -0.3 is 20.1 Å². The van der Waals surface area contributed by atoms with E-state index in [9.17, 15) is 4.79 Å². The van der Waals surface area contributed by atoms with Gasteiger partial charge in [-0.1, -0.05) is 18.5 Å². The molecule has 0 saturated heterocycles. The van der Waals surface area contributed by atoms with Crippen LogP contribution in [0.25, 0.3) is 5.69 Å². The van der Waals surface area contributed by atoms with Crippen molar-refractivity contribution in [2.45, 2.75) is 31.8 Å². The summed E-state index contributed by atoms with van der Waals surface area (Å²) in [5, 5.41) is 11.5. The monoisotopic (exact) mass is 440 g/mol. The van der Waals surface area contributed by atoms with Crippen molar-refractivity contribution in [1.82, 2.24) is 15.1 Å². The van der Waals surface area contributed by atoms with Gasteiger partial charge in [-0.05, 0) is 42.8 Å². The Balaban J connectivity index is 1.46. The molecule has 1 aliphatic heterocycles. The summed E-state index contributed by atoms with van der Waals surface area (Å²) in [4.78, 5) is 13.0. The molecule has 1 aromatic heterocycles. The van der Waals surface area contributed by atoms with E-state index in [0.717, 1.165) is 22.5 Å². The van der Waals surface area contributed by atoms with Gasteiger partial charge in [0.1, 0.15) is 6.04 Å². The molecule has 162 valence electrons. The molecule has 2 N–H and O–H groups in total. The number of anilines is 1. The molecule has 0 saturated carbocycles. The van der Waals surface area contributed by atoms with Crippen LogP contribution in [-0.4, -0.2) is 35.9 Å². The van der Waals surface area contributed by atoms with E-state index in [1.165, 1.54) is 0 Å². The summed E-state index contributed by atoms with van der Waals surface area (Å²) in [5.74, 6) is 1.24. The number of benzene rings is 2. The van der Waals surface area contributed by atoms with Gasteiger partial charge in [0, 0.05) is 34.5 Å². The van der Waals surface area contributed by atoms with E-state index < -0.39 is 0 Å². The summed E-state index contributed by atoms with van der Waals surface area (Å²) >= 11 is 6.12. The van der Waals surface area contributed by atoms with Crippen molar-refractivity contribution < 1.29 is 14.3 Å². The fourth-order valence-corrected chi connectivity index (χ4v) is 4.04. The van der Waals surface area contributed by atoms with Crippen molar-refractivity contribution in [3.05, 3.63) is 64.9 Å². The lowest BCUT2D eigenvalue weighted by atomic mass is 9.96. The number of fused-ring (bicyclic) bond motifs is 1. The van der Waals surface area contributed by atoms with E-state index >= 15 is 0 Å². The highest BCUT2D eigenvalue weighted by Crippen LogP contribution is 2.37. The number of hydrogen-bond donors (Lipinski definition) is 2. The topological polar surface area (TPSA) is 77.4 Å². The van der Waals surface area contributed by atoms with Crippen molar-refractivity contribution in [3.8, 4) is 17.2 Å². The van der Waals surface area contributed by atoms with Crippen LogP contribution in [0.15, 0.2) is 48.8 Å². The molecule has 0 bridgehead atoms. The van der Waals surface area contributed by atoms with Gasteiger partial charge in [-0.2, -0.15) is 5.10 Å². The average molecular weight is 441 g/mol. The van der Waals surface area contributed by atoms with Crippen LogP contribution in [0.3, 0.4) is 0 Å². The summed E-state index contributed by atoms with van der Waals surface area (Å²) in [7, 11) is 3.19. The number of ether oxygens (including phenoxy) is 2. The van der Waals surface area contributed by atoms with Crippen LogP contribution in [0, 0.1) is 0 Å². The molecular formula is C23H25ClN4O3. The number of methoxy groups -OCH3 is 2. The summed E-state index contributed by atoms with van der Waals surface area (Å²) in [6.07, 6.45) is 3.65. The van der Waals surface area contributed by atoms with Gasteiger partial charge in [-0.3, -0.25) is 4.79 Å². The number of carbonyl (C=O) groups is 1. The third-order valence-electron chi connectivity index (χ3n) is 5.69. The Labute approximate surface area is 186 Å². The predicted octanol–water partition coefficient (Wildman–Crippen LogP) is 4.32. The molecule has 8 heteroatoms. The summed E-state index contributed by atoms with van der Waals surface area (Å²) in [6, 6.07) is 10.7. The summed E-state index contributed by atoms with van der Waals surface area (Å²) < 4.78 is 12.4. The van der Waals surface area contributed by atoms with Gasteiger partial charge in [0.15, 0.2) is 11.5 Å². The minimum Gasteiger partial charge on any atom is -0.493 e. The second kappa shape index (κ2) is 8.51. The van der Waals surface area contributed by atoms with Gasteiger partial charge >= 0.3 is 0 Å². The lowest BCUT2D eigenvalue weighted by Crippen LogP contribution is -2.40. The van der Waals surface area contributed by atoms with Crippen molar-refractivity contribution in [2.24, 2.45) is 0 Å². The first-order chi connectivity index (χ1) is 14.9. The van der Waals surface area contributed by atoms with E-state index in [-0.39, 0.29) is 23.9 Å². The highest BCUT2D eigenvalue weighted by Gasteiger charge is 2.34. The van der Waals surface area contributed by atoms with Gasteiger partial charge in [0.2, 0.25) is 5.91 Å². The maximum atomic E-state index is 13.0. The van der Waals surface area contributed by atoms with Gasteiger partial charge in [0.05, 0.1) is 32.1 Å². The van der Waals surface area contributed by atoms with Crippen LogP contribution in [0.2, 0.25) is 5.02 Å². The standard InChI is InChI=1S/C23H25ClN4O3/c1-13-18-9-16(24)5-7-19(18)27-22(13)23(29)26-14(2)15-11-25-28(12-15)17-6-8-20(30-3)21(10-17)31-4/h5-14,22,27H,1-4H3,(H,26,29). The smallest absolute Gasteiger partial charge is 0.243 e. The molecule has 7 nitrogen and oxygen atoms in total. The highest BCUT2D eigenvalue weighted by atomic mass is 35.5. The number of hydrogen-bond acceptors (Lipinski definition) is 5. The number of amides is 1. The predicted molar refractivity (Wildman–Crippen MR) is 121 cm³/mol. The average Bonchev–Trinajstić information content (AvgIpc) is 3.39. The lowest BCUT2D eigenvalue weighted by molar-refractivity contribution is -0.122. The molecule has 2 heterocycles. The van der Waals surface area contributed by atoms with Gasteiger partial charge in [-0.25, -0.2) is 4.68 Å². The molecule has 0 fully saturated rings. The zero-order valence-corrected chi connectivity index (χ0v) is 18.6. The molecule has 2 aromatic carbocycles. The zero-order valence-electron chi connectivity index (χ0n) is 17.8. The van der Waals surface area contributed by atoms with Crippen LogP contribution >= 0.6 is 11.6 Å². The normalized spacial score (nSPS) is 18.1.